The molecule has 1 atom stereocenters. The third-order valence-corrected chi connectivity index (χ3v) is 4.54. The number of rotatable bonds is 3. The Morgan fingerprint density at radius 1 is 1.25 bits per heavy atom. The molecule has 0 spiro atoms. The van der Waals surface area contributed by atoms with Crippen LogP contribution in [0.3, 0.4) is 0 Å². The van der Waals surface area contributed by atoms with Crippen LogP contribution in [-0.2, 0) is 9.53 Å². The van der Waals surface area contributed by atoms with Gasteiger partial charge in [-0.05, 0) is 33.6 Å². The molecule has 20 heavy (non-hydrogen) atoms. The number of carbonyl (C=O) groups excluding carboxylic acids is 1. The number of nitrogens with zero attached hydrogens (tertiary/aromatic N) is 2. The van der Waals surface area contributed by atoms with Gasteiger partial charge in [0.25, 0.3) is 0 Å². The normalized spacial score (nSPS) is 18.6. The second-order valence-electron chi connectivity index (χ2n) is 5.92. The predicted octanol–water partition coefficient (Wildman–Crippen LogP) is 3.67. The summed E-state index contributed by atoms with van der Waals surface area (Å²) in [6, 6.07) is 0.495. The Kier molecular flexibility index (Phi) is 4.84. The minimum absolute atomic E-state index is 0.184. The Balaban J connectivity index is 2.30. The van der Waals surface area contributed by atoms with Crippen LogP contribution in [0.4, 0.5) is 0 Å². The van der Waals surface area contributed by atoms with Crippen molar-refractivity contribution in [3.8, 4) is 0 Å². The van der Waals surface area contributed by atoms with Crippen LogP contribution in [-0.4, -0.2) is 22.9 Å². The topological polar surface area (TPSA) is 44.1 Å². The van der Waals surface area contributed by atoms with Crippen LogP contribution in [0.15, 0.2) is 0 Å². The minimum atomic E-state index is -0.237. The molecule has 1 unspecified atom stereocenters. The van der Waals surface area contributed by atoms with Gasteiger partial charge in [-0.2, -0.15) is 5.10 Å². The van der Waals surface area contributed by atoms with Crippen LogP contribution >= 0.6 is 0 Å². The summed E-state index contributed by atoms with van der Waals surface area (Å²) in [5, 5.41) is 4.72. The average Bonchev–Trinajstić information content (AvgIpc) is 2.64. The maximum Gasteiger partial charge on any atom is 0.312 e. The van der Waals surface area contributed by atoms with Gasteiger partial charge in [0.2, 0.25) is 0 Å². The van der Waals surface area contributed by atoms with Gasteiger partial charge in [-0.3, -0.25) is 9.48 Å². The molecule has 1 fully saturated rings. The van der Waals surface area contributed by atoms with Crippen molar-refractivity contribution in [1.82, 2.24) is 9.78 Å². The van der Waals surface area contributed by atoms with Gasteiger partial charge in [-0.25, -0.2) is 0 Å². The number of hydrogen-bond donors (Lipinski definition) is 0. The highest BCUT2D eigenvalue weighted by atomic mass is 16.5. The third-order valence-electron chi connectivity index (χ3n) is 4.54. The molecule has 1 heterocycles. The minimum Gasteiger partial charge on any atom is -0.469 e. The standard InChI is InChI=1S/C16H26N2O2/c1-11(16(19)20-4)15-12(2)17-18(13(15)3)14-9-7-5-6-8-10-14/h11,14H,5-10H2,1-4H3. The average molecular weight is 278 g/mol. The molecule has 0 N–H and O–H groups in total. The quantitative estimate of drug-likeness (QED) is 0.626. The van der Waals surface area contributed by atoms with E-state index in [1.54, 1.807) is 0 Å². The molecule has 0 saturated heterocycles. The van der Waals surface area contributed by atoms with Crippen LogP contribution in [0.5, 0.6) is 0 Å². The molecule has 2 rings (SSSR count). The first-order valence-electron chi connectivity index (χ1n) is 7.69. The molecule has 112 valence electrons. The first kappa shape index (κ1) is 15.1. The lowest BCUT2D eigenvalue weighted by Crippen LogP contribution is -2.14. The second kappa shape index (κ2) is 6.42. The van der Waals surface area contributed by atoms with E-state index in [2.05, 4.69) is 11.6 Å². The Hall–Kier alpha value is -1.32. The Bertz CT molecular complexity index is 471. The van der Waals surface area contributed by atoms with Crippen molar-refractivity contribution >= 4 is 5.97 Å². The van der Waals surface area contributed by atoms with E-state index in [-0.39, 0.29) is 11.9 Å². The molecule has 1 aliphatic rings. The maximum absolute atomic E-state index is 11.8. The van der Waals surface area contributed by atoms with E-state index in [1.807, 2.05) is 13.8 Å². The van der Waals surface area contributed by atoms with Crippen LogP contribution < -0.4 is 0 Å². The molecular formula is C16H26N2O2. The molecule has 0 amide bonds. The first-order valence-corrected chi connectivity index (χ1v) is 7.69. The fraction of sp³-hybridized carbons (Fsp3) is 0.750. The lowest BCUT2D eigenvalue weighted by molar-refractivity contribution is -0.142. The smallest absolute Gasteiger partial charge is 0.312 e. The van der Waals surface area contributed by atoms with Crippen molar-refractivity contribution in [2.75, 3.05) is 7.11 Å². The number of hydrogen-bond acceptors (Lipinski definition) is 3. The van der Waals surface area contributed by atoms with E-state index in [4.69, 9.17) is 9.84 Å². The SMILES string of the molecule is COC(=O)C(C)c1c(C)nn(C2CCCCCC2)c1C. The molecule has 0 bridgehead atoms. The number of ether oxygens (including phenoxy) is 1. The Morgan fingerprint density at radius 3 is 2.40 bits per heavy atom. The van der Waals surface area contributed by atoms with E-state index < -0.39 is 0 Å². The summed E-state index contributed by atoms with van der Waals surface area (Å²) in [5.41, 5.74) is 3.14. The van der Waals surface area contributed by atoms with Gasteiger partial charge in [0.05, 0.1) is 24.8 Å². The van der Waals surface area contributed by atoms with Crippen LogP contribution in [0.2, 0.25) is 0 Å². The molecule has 0 aromatic carbocycles. The number of aryl methyl sites for hydroxylation is 1. The summed E-state index contributed by atoms with van der Waals surface area (Å²) in [7, 11) is 1.44. The molecule has 4 nitrogen and oxygen atoms in total. The van der Waals surface area contributed by atoms with Crippen molar-refractivity contribution in [2.45, 2.75) is 71.3 Å². The van der Waals surface area contributed by atoms with E-state index in [0.29, 0.717) is 6.04 Å². The van der Waals surface area contributed by atoms with E-state index in [1.165, 1.54) is 45.6 Å². The molecule has 1 aromatic heterocycles. The highest BCUT2D eigenvalue weighted by Gasteiger charge is 2.26. The highest BCUT2D eigenvalue weighted by Crippen LogP contribution is 2.32. The number of aromatic nitrogens is 2. The lowest BCUT2D eigenvalue weighted by atomic mass is 9.99. The van der Waals surface area contributed by atoms with Gasteiger partial charge < -0.3 is 4.74 Å². The zero-order valence-electron chi connectivity index (χ0n) is 13.1. The Morgan fingerprint density at radius 2 is 1.85 bits per heavy atom. The van der Waals surface area contributed by atoms with Gasteiger partial charge in [0.15, 0.2) is 0 Å². The van der Waals surface area contributed by atoms with Crippen LogP contribution in [0.25, 0.3) is 0 Å². The predicted molar refractivity (Wildman–Crippen MR) is 78.9 cm³/mol. The second-order valence-corrected chi connectivity index (χ2v) is 5.92. The van der Waals surface area contributed by atoms with Crippen molar-refractivity contribution in [1.29, 1.82) is 0 Å². The van der Waals surface area contributed by atoms with Gasteiger partial charge in [0.1, 0.15) is 0 Å². The van der Waals surface area contributed by atoms with Crippen LogP contribution in [0, 0.1) is 13.8 Å². The number of esters is 1. The summed E-state index contributed by atoms with van der Waals surface area (Å²) in [5.74, 6) is -0.420. The largest absolute Gasteiger partial charge is 0.469 e. The molecule has 4 heteroatoms. The summed E-state index contributed by atoms with van der Waals surface area (Å²) in [6.07, 6.45) is 7.64. The van der Waals surface area contributed by atoms with Gasteiger partial charge in [0, 0.05) is 11.3 Å². The monoisotopic (exact) mass is 278 g/mol. The lowest BCUT2D eigenvalue weighted by Gasteiger charge is -2.17. The summed E-state index contributed by atoms with van der Waals surface area (Å²) in [6.45, 7) is 5.98. The van der Waals surface area contributed by atoms with Crippen molar-refractivity contribution in [3.63, 3.8) is 0 Å². The Labute approximate surface area is 121 Å². The zero-order valence-corrected chi connectivity index (χ0v) is 13.1. The van der Waals surface area contributed by atoms with Crippen molar-refractivity contribution in [3.05, 3.63) is 17.0 Å². The van der Waals surface area contributed by atoms with E-state index >= 15 is 0 Å². The highest BCUT2D eigenvalue weighted by molar-refractivity contribution is 5.78. The molecular weight excluding hydrogens is 252 g/mol. The number of methoxy groups -OCH3 is 1. The molecule has 1 aliphatic carbocycles. The summed E-state index contributed by atoms with van der Waals surface area (Å²) >= 11 is 0. The van der Waals surface area contributed by atoms with Crippen molar-refractivity contribution < 1.29 is 9.53 Å². The van der Waals surface area contributed by atoms with E-state index in [0.717, 1.165) is 17.0 Å². The molecule has 1 aromatic rings. The molecule has 0 radical (unpaired) electrons. The maximum atomic E-state index is 11.8. The van der Waals surface area contributed by atoms with E-state index in [9.17, 15) is 4.79 Å². The molecule has 0 aliphatic heterocycles. The summed E-state index contributed by atoms with van der Waals surface area (Å²) in [4.78, 5) is 11.8. The summed E-state index contributed by atoms with van der Waals surface area (Å²) < 4.78 is 7.04. The van der Waals surface area contributed by atoms with Crippen LogP contribution in [0.1, 0.15) is 74.4 Å². The molecule has 1 saturated carbocycles. The third kappa shape index (κ3) is 2.89. The first-order chi connectivity index (χ1) is 9.56. The number of carbonyl (C=O) groups is 1. The van der Waals surface area contributed by atoms with Gasteiger partial charge in [-0.15, -0.1) is 0 Å². The fourth-order valence-corrected chi connectivity index (χ4v) is 3.45. The van der Waals surface area contributed by atoms with Gasteiger partial charge >= 0.3 is 5.97 Å². The zero-order chi connectivity index (χ0) is 14.7. The van der Waals surface area contributed by atoms with Gasteiger partial charge in [-0.1, -0.05) is 25.7 Å². The van der Waals surface area contributed by atoms with Crippen molar-refractivity contribution in [2.24, 2.45) is 0 Å². The fourth-order valence-electron chi connectivity index (χ4n) is 3.45.